The van der Waals surface area contributed by atoms with Crippen molar-refractivity contribution in [1.29, 1.82) is 0 Å². The minimum atomic E-state index is -0.808. The highest BCUT2D eigenvalue weighted by atomic mass is 32.1. The zero-order valence-corrected chi connectivity index (χ0v) is 7.10. The van der Waals surface area contributed by atoms with E-state index >= 15 is 0 Å². The quantitative estimate of drug-likeness (QED) is 0.692. The van der Waals surface area contributed by atoms with Gasteiger partial charge in [0.15, 0.2) is 4.77 Å². The van der Waals surface area contributed by atoms with E-state index in [0.717, 1.165) is 5.56 Å². The third kappa shape index (κ3) is 2.79. The predicted molar refractivity (Wildman–Crippen MR) is 45.4 cm³/mol. The van der Waals surface area contributed by atoms with Crippen LogP contribution in [0.25, 0.3) is 0 Å². The summed E-state index contributed by atoms with van der Waals surface area (Å²) >= 11 is 4.72. The molecule has 0 aliphatic heterocycles. The van der Waals surface area contributed by atoms with E-state index in [4.69, 9.17) is 17.3 Å². The molecule has 0 unspecified atom stereocenters. The van der Waals surface area contributed by atoms with Gasteiger partial charge in [-0.05, 0) is 24.2 Å². The van der Waals surface area contributed by atoms with E-state index in [0.29, 0.717) is 11.2 Å². The van der Waals surface area contributed by atoms with Crippen molar-refractivity contribution < 1.29 is 9.90 Å². The highest BCUT2D eigenvalue weighted by molar-refractivity contribution is 7.71. The monoisotopic (exact) mass is 184 g/mol. The number of rotatable bonds is 3. The van der Waals surface area contributed by atoms with Gasteiger partial charge in [-0.25, -0.2) is 4.98 Å². The van der Waals surface area contributed by atoms with Crippen LogP contribution in [0, 0.1) is 4.77 Å². The Morgan fingerprint density at radius 2 is 2.50 bits per heavy atom. The molecule has 12 heavy (non-hydrogen) atoms. The van der Waals surface area contributed by atoms with E-state index in [9.17, 15) is 4.79 Å². The molecule has 1 aromatic rings. The van der Waals surface area contributed by atoms with Crippen molar-refractivity contribution in [2.45, 2.75) is 12.8 Å². The maximum Gasteiger partial charge on any atom is 0.303 e. The van der Waals surface area contributed by atoms with E-state index in [1.165, 1.54) is 0 Å². The van der Waals surface area contributed by atoms with Gasteiger partial charge in [0.05, 0.1) is 0 Å². The van der Waals surface area contributed by atoms with Crippen LogP contribution in [0.1, 0.15) is 12.0 Å². The average Bonchev–Trinajstić information content (AvgIpc) is 2.03. The molecule has 5 heteroatoms. The van der Waals surface area contributed by atoms with Crippen molar-refractivity contribution in [1.82, 2.24) is 9.97 Å². The second-order valence-electron chi connectivity index (χ2n) is 2.32. The fraction of sp³-hybridized carbons (Fsp3) is 0.286. The molecular weight excluding hydrogens is 176 g/mol. The van der Waals surface area contributed by atoms with Gasteiger partial charge in [-0.1, -0.05) is 0 Å². The lowest BCUT2D eigenvalue weighted by atomic mass is 10.2. The molecule has 0 spiro atoms. The third-order valence-corrected chi connectivity index (χ3v) is 1.58. The van der Waals surface area contributed by atoms with Crippen molar-refractivity contribution in [2.24, 2.45) is 0 Å². The normalized spacial score (nSPS) is 9.67. The third-order valence-electron chi connectivity index (χ3n) is 1.36. The lowest BCUT2D eigenvalue weighted by molar-refractivity contribution is -0.136. The molecule has 0 aromatic carbocycles. The summed E-state index contributed by atoms with van der Waals surface area (Å²) in [7, 11) is 0. The van der Waals surface area contributed by atoms with Crippen molar-refractivity contribution >= 4 is 18.2 Å². The van der Waals surface area contributed by atoms with Crippen LogP contribution < -0.4 is 0 Å². The number of aryl methyl sites for hydroxylation is 1. The summed E-state index contributed by atoms with van der Waals surface area (Å²) < 4.78 is 0.411. The molecule has 0 aliphatic rings. The van der Waals surface area contributed by atoms with Gasteiger partial charge >= 0.3 is 5.97 Å². The Morgan fingerprint density at radius 1 is 1.75 bits per heavy atom. The molecule has 0 saturated heterocycles. The maximum absolute atomic E-state index is 10.2. The second kappa shape index (κ2) is 3.96. The van der Waals surface area contributed by atoms with E-state index in [1.54, 1.807) is 12.4 Å². The number of carboxylic acids is 1. The summed E-state index contributed by atoms with van der Waals surface area (Å²) in [5, 5.41) is 8.38. The van der Waals surface area contributed by atoms with Crippen molar-refractivity contribution in [3.63, 3.8) is 0 Å². The number of nitrogens with zero attached hydrogens (tertiary/aromatic N) is 1. The number of carboxylic acid groups (broad SMARTS) is 1. The van der Waals surface area contributed by atoms with Gasteiger partial charge in [-0.2, -0.15) is 0 Å². The lowest BCUT2D eigenvalue weighted by Crippen LogP contribution is -1.98. The molecule has 1 aromatic heterocycles. The van der Waals surface area contributed by atoms with Gasteiger partial charge < -0.3 is 10.1 Å². The van der Waals surface area contributed by atoms with Crippen molar-refractivity contribution in [2.75, 3.05) is 0 Å². The number of aliphatic carboxylic acids is 1. The highest BCUT2D eigenvalue weighted by Gasteiger charge is 1.98. The largest absolute Gasteiger partial charge is 0.481 e. The van der Waals surface area contributed by atoms with Crippen LogP contribution in [0.15, 0.2) is 12.4 Å². The maximum atomic E-state index is 10.2. The number of hydrogen-bond donors (Lipinski definition) is 2. The predicted octanol–water partition coefficient (Wildman–Crippen LogP) is 1.16. The fourth-order valence-electron chi connectivity index (χ4n) is 0.758. The number of nitrogens with one attached hydrogen (secondary N) is 1. The van der Waals surface area contributed by atoms with E-state index in [2.05, 4.69) is 9.97 Å². The SMILES string of the molecule is O=C(O)CCc1cnc(=S)[nH]c1. The summed E-state index contributed by atoms with van der Waals surface area (Å²) in [6.07, 6.45) is 3.86. The Morgan fingerprint density at radius 3 is 3.00 bits per heavy atom. The Hall–Kier alpha value is -1.23. The molecular formula is C7H8N2O2S. The van der Waals surface area contributed by atoms with Crippen LogP contribution >= 0.6 is 12.2 Å². The molecule has 0 radical (unpaired) electrons. The van der Waals surface area contributed by atoms with E-state index < -0.39 is 5.97 Å². The first-order valence-electron chi connectivity index (χ1n) is 3.44. The smallest absolute Gasteiger partial charge is 0.303 e. The molecule has 0 fully saturated rings. The van der Waals surface area contributed by atoms with Crippen LogP contribution in [0.2, 0.25) is 0 Å². The summed E-state index contributed by atoms with van der Waals surface area (Å²) in [5.74, 6) is -0.808. The molecule has 0 bridgehead atoms. The Labute approximate surface area is 74.3 Å². The van der Waals surface area contributed by atoms with Crippen LogP contribution in [-0.2, 0) is 11.2 Å². The molecule has 0 saturated carbocycles. The number of aromatic amines is 1. The van der Waals surface area contributed by atoms with Gasteiger partial charge in [0.1, 0.15) is 0 Å². The minimum Gasteiger partial charge on any atom is -0.481 e. The summed E-state index contributed by atoms with van der Waals surface area (Å²) in [5.41, 5.74) is 0.853. The zero-order chi connectivity index (χ0) is 8.97. The number of carbonyl (C=O) groups is 1. The molecule has 1 rings (SSSR count). The molecule has 64 valence electrons. The van der Waals surface area contributed by atoms with E-state index in [-0.39, 0.29) is 6.42 Å². The summed E-state index contributed by atoms with van der Waals surface area (Å²) in [6.45, 7) is 0. The highest BCUT2D eigenvalue weighted by Crippen LogP contribution is 1.98. The molecule has 0 atom stereocenters. The first kappa shape index (κ1) is 8.86. The Bertz CT molecular complexity index is 314. The van der Waals surface area contributed by atoms with Crippen LogP contribution in [0.3, 0.4) is 0 Å². The van der Waals surface area contributed by atoms with Gasteiger partial charge in [0.2, 0.25) is 0 Å². The average molecular weight is 184 g/mol. The van der Waals surface area contributed by atoms with Gasteiger partial charge in [-0.3, -0.25) is 4.79 Å². The van der Waals surface area contributed by atoms with Crippen LogP contribution in [0.4, 0.5) is 0 Å². The molecule has 0 amide bonds. The molecule has 2 N–H and O–H groups in total. The fourth-order valence-corrected chi connectivity index (χ4v) is 0.870. The van der Waals surface area contributed by atoms with Crippen molar-refractivity contribution in [3.8, 4) is 0 Å². The lowest BCUT2D eigenvalue weighted by Gasteiger charge is -1.95. The minimum absolute atomic E-state index is 0.117. The van der Waals surface area contributed by atoms with Crippen LogP contribution in [0.5, 0.6) is 0 Å². The molecule has 1 heterocycles. The first-order valence-corrected chi connectivity index (χ1v) is 3.85. The van der Waals surface area contributed by atoms with E-state index in [1.807, 2.05) is 0 Å². The van der Waals surface area contributed by atoms with Gasteiger partial charge in [0.25, 0.3) is 0 Å². The Kier molecular flexibility index (Phi) is 2.93. The van der Waals surface area contributed by atoms with Crippen LogP contribution in [-0.4, -0.2) is 21.0 Å². The zero-order valence-electron chi connectivity index (χ0n) is 6.28. The second-order valence-corrected chi connectivity index (χ2v) is 2.71. The first-order chi connectivity index (χ1) is 5.68. The summed E-state index contributed by atoms with van der Waals surface area (Å²) in [4.78, 5) is 16.7. The van der Waals surface area contributed by atoms with Gasteiger partial charge in [0, 0.05) is 18.8 Å². The number of hydrogen-bond acceptors (Lipinski definition) is 3. The molecule has 4 nitrogen and oxygen atoms in total. The molecule has 0 aliphatic carbocycles. The van der Waals surface area contributed by atoms with Crippen molar-refractivity contribution in [3.05, 3.63) is 22.7 Å². The topological polar surface area (TPSA) is 66.0 Å². The number of aromatic nitrogens is 2. The summed E-state index contributed by atoms with van der Waals surface area (Å²) in [6, 6.07) is 0. The standard InChI is InChI=1S/C7H8N2O2S/c10-6(11)2-1-5-3-8-7(12)9-4-5/h3-4H,1-2H2,(H,10,11)(H,8,9,12). The Balaban J connectivity index is 2.59. The number of H-pyrrole nitrogens is 1. The van der Waals surface area contributed by atoms with Gasteiger partial charge in [-0.15, -0.1) is 0 Å².